The van der Waals surface area contributed by atoms with Gasteiger partial charge in [0.25, 0.3) is 0 Å². The van der Waals surface area contributed by atoms with Crippen LogP contribution >= 0.6 is 0 Å². The van der Waals surface area contributed by atoms with Crippen LogP contribution in [0.15, 0.2) is 24.3 Å². The monoisotopic (exact) mass is 370 g/mol. The molecule has 4 nitrogen and oxygen atoms in total. The number of piperidine rings is 1. The van der Waals surface area contributed by atoms with E-state index in [1.54, 1.807) is 13.2 Å². The van der Waals surface area contributed by atoms with Crippen LogP contribution in [-0.2, 0) is 15.7 Å². The first kappa shape index (κ1) is 19.2. The molecule has 1 aromatic carbocycles. The molecule has 0 radical (unpaired) electrons. The zero-order valence-corrected chi connectivity index (χ0v) is 14.9. The zero-order valence-electron chi connectivity index (χ0n) is 14.9. The molecule has 0 aromatic heterocycles. The SMILES string of the molecule is COCC1(CNC(=O)C2CC2c2cccc(C(F)(F)F)c2)CCNCC1. The van der Waals surface area contributed by atoms with Gasteiger partial charge < -0.3 is 15.4 Å². The van der Waals surface area contributed by atoms with Gasteiger partial charge in [0, 0.05) is 25.0 Å². The molecule has 3 rings (SSSR count). The number of methoxy groups -OCH3 is 1. The van der Waals surface area contributed by atoms with Gasteiger partial charge in [-0.15, -0.1) is 0 Å². The largest absolute Gasteiger partial charge is 0.416 e. The number of alkyl halides is 3. The Morgan fingerprint density at radius 2 is 2.08 bits per heavy atom. The summed E-state index contributed by atoms with van der Waals surface area (Å²) in [6.45, 7) is 2.94. The molecule has 144 valence electrons. The van der Waals surface area contributed by atoms with Crippen molar-refractivity contribution in [3.8, 4) is 0 Å². The highest BCUT2D eigenvalue weighted by molar-refractivity contribution is 5.83. The summed E-state index contributed by atoms with van der Waals surface area (Å²) in [6, 6.07) is 5.31. The Bertz CT molecular complexity index is 636. The summed E-state index contributed by atoms with van der Waals surface area (Å²) in [7, 11) is 1.66. The van der Waals surface area contributed by atoms with Crippen LogP contribution in [0.3, 0.4) is 0 Å². The van der Waals surface area contributed by atoms with Crippen molar-refractivity contribution in [2.75, 3.05) is 33.4 Å². The molecular formula is C19H25F3N2O2. The summed E-state index contributed by atoms with van der Waals surface area (Å²) in [5, 5.41) is 6.32. The van der Waals surface area contributed by atoms with Crippen molar-refractivity contribution in [3.63, 3.8) is 0 Å². The molecule has 7 heteroatoms. The Kier molecular flexibility index (Phi) is 5.58. The first-order valence-electron chi connectivity index (χ1n) is 8.99. The number of nitrogens with one attached hydrogen (secondary N) is 2. The lowest BCUT2D eigenvalue weighted by Gasteiger charge is -2.37. The number of hydrogen-bond donors (Lipinski definition) is 2. The van der Waals surface area contributed by atoms with E-state index in [1.807, 2.05) is 0 Å². The molecule has 2 fully saturated rings. The van der Waals surface area contributed by atoms with Gasteiger partial charge >= 0.3 is 6.18 Å². The van der Waals surface area contributed by atoms with E-state index in [-0.39, 0.29) is 23.2 Å². The van der Waals surface area contributed by atoms with E-state index in [0.29, 0.717) is 25.1 Å². The number of carbonyl (C=O) groups excluding carboxylic acids is 1. The van der Waals surface area contributed by atoms with E-state index >= 15 is 0 Å². The summed E-state index contributed by atoms with van der Waals surface area (Å²) < 4.78 is 43.9. The number of halogens is 3. The van der Waals surface area contributed by atoms with E-state index in [9.17, 15) is 18.0 Å². The van der Waals surface area contributed by atoms with Gasteiger partial charge in [-0.1, -0.05) is 18.2 Å². The highest BCUT2D eigenvalue weighted by atomic mass is 19.4. The minimum Gasteiger partial charge on any atom is -0.384 e. The topological polar surface area (TPSA) is 50.4 Å². The van der Waals surface area contributed by atoms with Crippen molar-refractivity contribution in [2.24, 2.45) is 11.3 Å². The standard InChI is InChI=1S/C19H25F3N2O2/c1-26-12-18(5-7-23-8-6-18)11-24-17(25)16-10-15(16)13-3-2-4-14(9-13)19(20,21)22/h2-4,9,15-16,23H,5-8,10-12H2,1H3,(H,24,25). The predicted molar refractivity (Wildman–Crippen MR) is 91.7 cm³/mol. The van der Waals surface area contributed by atoms with E-state index < -0.39 is 11.7 Å². The van der Waals surface area contributed by atoms with Gasteiger partial charge in [0.1, 0.15) is 0 Å². The molecule has 1 saturated carbocycles. The van der Waals surface area contributed by atoms with E-state index in [1.165, 1.54) is 6.07 Å². The van der Waals surface area contributed by atoms with Crippen LogP contribution in [0, 0.1) is 11.3 Å². The van der Waals surface area contributed by atoms with Crippen molar-refractivity contribution in [1.82, 2.24) is 10.6 Å². The molecule has 1 aliphatic carbocycles. The second-order valence-corrected chi connectivity index (χ2v) is 7.47. The molecular weight excluding hydrogens is 345 g/mol. The van der Waals surface area contributed by atoms with Crippen LogP contribution in [0.5, 0.6) is 0 Å². The van der Waals surface area contributed by atoms with Crippen LogP contribution in [0.1, 0.15) is 36.3 Å². The fourth-order valence-electron chi connectivity index (χ4n) is 3.84. The molecule has 1 heterocycles. The molecule has 1 saturated heterocycles. The molecule has 0 spiro atoms. The third-order valence-electron chi connectivity index (χ3n) is 5.52. The number of hydrogen-bond acceptors (Lipinski definition) is 3. The Morgan fingerprint density at radius 3 is 2.73 bits per heavy atom. The van der Waals surface area contributed by atoms with Crippen LogP contribution < -0.4 is 10.6 Å². The van der Waals surface area contributed by atoms with Crippen molar-refractivity contribution in [3.05, 3.63) is 35.4 Å². The van der Waals surface area contributed by atoms with Crippen molar-refractivity contribution < 1.29 is 22.7 Å². The smallest absolute Gasteiger partial charge is 0.384 e. The quantitative estimate of drug-likeness (QED) is 0.810. The van der Waals surface area contributed by atoms with Crippen LogP contribution in [-0.4, -0.2) is 39.3 Å². The van der Waals surface area contributed by atoms with Crippen LogP contribution in [0.2, 0.25) is 0 Å². The lowest BCUT2D eigenvalue weighted by atomic mass is 9.79. The highest BCUT2D eigenvalue weighted by Crippen LogP contribution is 2.48. The minimum atomic E-state index is -4.36. The molecule has 2 aliphatic rings. The Hall–Kier alpha value is -1.60. The number of benzene rings is 1. The zero-order chi connectivity index (χ0) is 18.8. The molecule has 0 bridgehead atoms. The predicted octanol–water partition coefficient (Wildman–Crippen LogP) is 2.94. The first-order chi connectivity index (χ1) is 12.3. The molecule has 2 unspecified atom stereocenters. The van der Waals surface area contributed by atoms with E-state index in [2.05, 4.69) is 10.6 Å². The van der Waals surface area contributed by atoms with Crippen molar-refractivity contribution in [2.45, 2.75) is 31.4 Å². The van der Waals surface area contributed by atoms with Crippen molar-refractivity contribution >= 4 is 5.91 Å². The number of ether oxygens (including phenoxy) is 1. The van der Waals surface area contributed by atoms with Gasteiger partial charge in [0.15, 0.2) is 0 Å². The number of rotatable bonds is 6. The van der Waals surface area contributed by atoms with Crippen molar-refractivity contribution in [1.29, 1.82) is 0 Å². The second-order valence-electron chi connectivity index (χ2n) is 7.47. The maximum atomic E-state index is 12.9. The van der Waals surface area contributed by atoms with Gasteiger partial charge in [-0.2, -0.15) is 13.2 Å². The van der Waals surface area contributed by atoms with Gasteiger partial charge in [-0.3, -0.25) is 4.79 Å². The molecule has 1 aliphatic heterocycles. The Labute approximate surface area is 151 Å². The summed E-state index contributed by atoms with van der Waals surface area (Å²) in [4.78, 5) is 12.5. The van der Waals surface area contributed by atoms with Gasteiger partial charge in [-0.05, 0) is 49.9 Å². The van der Waals surface area contributed by atoms with Crippen LogP contribution in [0.4, 0.5) is 13.2 Å². The molecule has 26 heavy (non-hydrogen) atoms. The van der Waals surface area contributed by atoms with Gasteiger partial charge in [0.2, 0.25) is 5.91 Å². The van der Waals surface area contributed by atoms with Gasteiger partial charge in [-0.25, -0.2) is 0 Å². The summed E-state index contributed by atoms with van der Waals surface area (Å²) in [5.41, 5.74) is -0.126. The molecule has 1 amide bonds. The number of amides is 1. The Morgan fingerprint density at radius 1 is 1.35 bits per heavy atom. The molecule has 2 N–H and O–H groups in total. The lowest BCUT2D eigenvalue weighted by molar-refractivity contribution is -0.137. The van der Waals surface area contributed by atoms with E-state index in [4.69, 9.17) is 4.74 Å². The maximum Gasteiger partial charge on any atom is 0.416 e. The number of carbonyl (C=O) groups is 1. The Balaban J connectivity index is 1.57. The summed E-state index contributed by atoms with van der Waals surface area (Å²) >= 11 is 0. The molecule has 2 atom stereocenters. The summed E-state index contributed by atoms with van der Waals surface area (Å²) in [6.07, 6.45) is -1.89. The highest BCUT2D eigenvalue weighted by Gasteiger charge is 2.45. The van der Waals surface area contributed by atoms with Gasteiger partial charge in [0.05, 0.1) is 12.2 Å². The fourth-order valence-corrected chi connectivity index (χ4v) is 3.84. The third kappa shape index (κ3) is 4.38. The summed E-state index contributed by atoms with van der Waals surface area (Å²) in [5.74, 6) is -0.426. The fraction of sp³-hybridized carbons (Fsp3) is 0.632. The normalized spacial score (nSPS) is 24.9. The third-order valence-corrected chi connectivity index (χ3v) is 5.52. The lowest BCUT2D eigenvalue weighted by Crippen LogP contribution is -2.47. The second kappa shape index (κ2) is 7.56. The average Bonchev–Trinajstić information content (AvgIpc) is 3.41. The minimum absolute atomic E-state index is 0.0593. The first-order valence-corrected chi connectivity index (χ1v) is 8.99. The average molecular weight is 370 g/mol. The molecule has 1 aromatic rings. The van der Waals surface area contributed by atoms with E-state index in [0.717, 1.165) is 38.1 Å². The van der Waals surface area contributed by atoms with Crippen LogP contribution in [0.25, 0.3) is 0 Å². The maximum absolute atomic E-state index is 12.9.